The number of unbranched alkanes of at least 4 members (excludes halogenated alkanes) is 6. The Balaban J connectivity index is 1.93. The lowest BCUT2D eigenvalue weighted by Crippen LogP contribution is -2.39. The van der Waals surface area contributed by atoms with Crippen LogP contribution in [-0.4, -0.2) is 18.5 Å². The van der Waals surface area contributed by atoms with Crippen molar-refractivity contribution in [3.8, 4) is 0 Å². The molecule has 108 valence electrons. The summed E-state index contributed by atoms with van der Waals surface area (Å²) in [6, 6.07) is 0.705. The number of hydrogen-bond acceptors (Lipinski definition) is 1. The lowest BCUT2D eigenvalue weighted by Gasteiger charge is -2.31. The van der Waals surface area contributed by atoms with Crippen molar-refractivity contribution in [1.82, 2.24) is 5.32 Å². The number of halogens is 1. The maximum atomic E-state index is 6.05. The summed E-state index contributed by atoms with van der Waals surface area (Å²) < 4.78 is 0. The lowest BCUT2D eigenvalue weighted by atomic mass is 9.86. The summed E-state index contributed by atoms with van der Waals surface area (Å²) in [5.41, 5.74) is 0. The molecular formula is C16H32ClN. The fourth-order valence-electron chi connectivity index (χ4n) is 3.03. The Morgan fingerprint density at radius 3 is 2.33 bits per heavy atom. The van der Waals surface area contributed by atoms with Crippen LogP contribution >= 0.6 is 11.6 Å². The van der Waals surface area contributed by atoms with Gasteiger partial charge in [0.05, 0.1) is 0 Å². The van der Waals surface area contributed by atoms with Crippen molar-refractivity contribution < 1.29 is 0 Å². The Hall–Kier alpha value is 0.250. The summed E-state index contributed by atoms with van der Waals surface area (Å²) in [5.74, 6) is 1.57. The minimum absolute atomic E-state index is 0.705. The summed E-state index contributed by atoms with van der Waals surface area (Å²) >= 11 is 6.05. The maximum Gasteiger partial charge on any atom is 0.0266 e. The van der Waals surface area contributed by atoms with Gasteiger partial charge in [-0.15, -0.1) is 11.6 Å². The molecule has 18 heavy (non-hydrogen) atoms. The number of rotatable bonds is 10. The van der Waals surface area contributed by atoms with Crippen LogP contribution in [0.1, 0.15) is 77.6 Å². The summed E-state index contributed by atoms with van der Waals surface area (Å²) in [6.07, 6.45) is 15.2. The van der Waals surface area contributed by atoms with Gasteiger partial charge in [0.2, 0.25) is 0 Å². The van der Waals surface area contributed by atoms with Crippen LogP contribution in [-0.2, 0) is 0 Å². The Labute approximate surface area is 119 Å². The van der Waals surface area contributed by atoms with E-state index < -0.39 is 0 Å². The Bertz CT molecular complexity index is 184. The Morgan fingerprint density at radius 2 is 1.61 bits per heavy atom. The molecule has 0 spiro atoms. The zero-order valence-corrected chi connectivity index (χ0v) is 13.0. The van der Waals surface area contributed by atoms with E-state index in [0.29, 0.717) is 6.04 Å². The standard InChI is InChI=1S/C16H32ClN/c1-2-3-4-5-6-7-10-13-18-16-12-9-8-11-15(16)14-17/h15-16,18H,2-14H2,1H3. The van der Waals surface area contributed by atoms with E-state index in [1.54, 1.807) is 0 Å². The highest BCUT2D eigenvalue weighted by atomic mass is 35.5. The van der Waals surface area contributed by atoms with Gasteiger partial charge in [0.25, 0.3) is 0 Å². The Kier molecular flexibility index (Phi) is 10.1. The van der Waals surface area contributed by atoms with Crippen molar-refractivity contribution in [2.45, 2.75) is 83.6 Å². The molecule has 1 fully saturated rings. The van der Waals surface area contributed by atoms with Gasteiger partial charge in [-0.3, -0.25) is 0 Å². The van der Waals surface area contributed by atoms with E-state index in [1.165, 1.54) is 77.2 Å². The molecule has 1 aliphatic rings. The normalized spacial score (nSPS) is 24.3. The van der Waals surface area contributed by atoms with E-state index in [4.69, 9.17) is 11.6 Å². The average molecular weight is 274 g/mol. The van der Waals surface area contributed by atoms with Crippen molar-refractivity contribution in [2.75, 3.05) is 12.4 Å². The summed E-state index contributed by atoms with van der Waals surface area (Å²) in [6.45, 7) is 3.48. The third-order valence-electron chi connectivity index (χ3n) is 4.29. The molecule has 0 aromatic carbocycles. The molecule has 1 nitrogen and oxygen atoms in total. The molecule has 0 amide bonds. The van der Waals surface area contributed by atoms with Gasteiger partial charge in [-0.25, -0.2) is 0 Å². The van der Waals surface area contributed by atoms with Crippen molar-refractivity contribution in [3.63, 3.8) is 0 Å². The molecule has 1 N–H and O–H groups in total. The van der Waals surface area contributed by atoms with Gasteiger partial charge in [-0.2, -0.15) is 0 Å². The first-order valence-electron chi connectivity index (χ1n) is 8.17. The third kappa shape index (κ3) is 6.99. The highest BCUT2D eigenvalue weighted by Gasteiger charge is 2.23. The minimum atomic E-state index is 0.705. The fourth-order valence-corrected chi connectivity index (χ4v) is 3.40. The Morgan fingerprint density at radius 1 is 0.944 bits per heavy atom. The average Bonchev–Trinajstić information content (AvgIpc) is 2.42. The lowest BCUT2D eigenvalue weighted by molar-refractivity contribution is 0.282. The van der Waals surface area contributed by atoms with Crippen molar-refractivity contribution in [3.05, 3.63) is 0 Å². The van der Waals surface area contributed by atoms with Gasteiger partial charge in [-0.1, -0.05) is 58.3 Å². The zero-order valence-electron chi connectivity index (χ0n) is 12.2. The first-order valence-corrected chi connectivity index (χ1v) is 8.71. The van der Waals surface area contributed by atoms with Gasteiger partial charge in [-0.05, 0) is 31.7 Å². The second-order valence-corrected chi connectivity index (χ2v) is 6.19. The number of nitrogens with one attached hydrogen (secondary N) is 1. The van der Waals surface area contributed by atoms with E-state index in [0.717, 1.165) is 11.8 Å². The highest BCUT2D eigenvalue weighted by molar-refractivity contribution is 6.18. The van der Waals surface area contributed by atoms with Crippen LogP contribution in [0.3, 0.4) is 0 Å². The van der Waals surface area contributed by atoms with Crippen LogP contribution in [0, 0.1) is 5.92 Å². The van der Waals surface area contributed by atoms with Gasteiger partial charge in [0, 0.05) is 11.9 Å². The third-order valence-corrected chi connectivity index (χ3v) is 4.69. The molecule has 0 saturated heterocycles. The summed E-state index contributed by atoms with van der Waals surface area (Å²) in [5, 5.41) is 3.74. The largest absolute Gasteiger partial charge is 0.314 e. The van der Waals surface area contributed by atoms with Crippen molar-refractivity contribution >= 4 is 11.6 Å². The monoisotopic (exact) mass is 273 g/mol. The van der Waals surface area contributed by atoms with Crippen LogP contribution in [0.4, 0.5) is 0 Å². The van der Waals surface area contributed by atoms with Gasteiger partial charge < -0.3 is 5.32 Å². The molecule has 0 heterocycles. The summed E-state index contributed by atoms with van der Waals surface area (Å²) in [4.78, 5) is 0. The predicted molar refractivity (Wildman–Crippen MR) is 82.5 cm³/mol. The molecule has 0 aromatic rings. The van der Waals surface area contributed by atoms with Gasteiger partial charge >= 0.3 is 0 Å². The molecule has 1 aliphatic carbocycles. The van der Waals surface area contributed by atoms with E-state index in [1.807, 2.05) is 0 Å². The SMILES string of the molecule is CCCCCCCCCNC1CCCCC1CCl. The molecule has 1 rings (SSSR count). The molecule has 2 heteroatoms. The van der Waals surface area contributed by atoms with E-state index in [2.05, 4.69) is 12.2 Å². The second-order valence-electron chi connectivity index (χ2n) is 5.88. The molecule has 0 aliphatic heterocycles. The first-order chi connectivity index (χ1) is 8.88. The fraction of sp³-hybridized carbons (Fsp3) is 1.00. The van der Waals surface area contributed by atoms with E-state index in [9.17, 15) is 0 Å². The summed E-state index contributed by atoms with van der Waals surface area (Å²) in [7, 11) is 0. The predicted octanol–water partition coefficient (Wildman–Crippen LogP) is 5.12. The second kappa shape index (κ2) is 11.1. The molecule has 0 aromatic heterocycles. The molecule has 0 bridgehead atoms. The number of hydrogen-bond donors (Lipinski definition) is 1. The smallest absolute Gasteiger partial charge is 0.0266 e. The quantitative estimate of drug-likeness (QED) is 0.430. The molecular weight excluding hydrogens is 242 g/mol. The van der Waals surface area contributed by atoms with Crippen molar-refractivity contribution in [1.29, 1.82) is 0 Å². The first kappa shape index (κ1) is 16.3. The van der Waals surface area contributed by atoms with Crippen molar-refractivity contribution in [2.24, 2.45) is 5.92 Å². The molecule has 1 saturated carbocycles. The van der Waals surface area contributed by atoms with Crippen LogP contribution < -0.4 is 5.32 Å². The zero-order chi connectivity index (χ0) is 13.1. The van der Waals surface area contributed by atoms with Crippen LogP contribution in [0.2, 0.25) is 0 Å². The van der Waals surface area contributed by atoms with Crippen LogP contribution in [0.15, 0.2) is 0 Å². The molecule has 2 unspecified atom stereocenters. The van der Waals surface area contributed by atoms with Gasteiger partial charge in [0.15, 0.2) is 0 Å². The van der Waals surface area contributed by atoms with Crippen LogP contribution in [0.25, 0.3) is 0 Å². The van der Waals surface area contributed by atoms with E-state index in [-0.39, 0.29) is 0 Å². The van der Waals surface area contributed by atoms with Crippen LogP contribution in [0.5, 0.6) is 0 Å². The van der Waals surface area contributed by atoms with E-state index >= 15 is 0 Å². The highest BCUT2D eigenvalue weighted by Crippen LogP contribution is 2.25. The molecule has 2 atom stereocenters. The maximum absolute atomic E-state index is 6.05. The van der Waals surface area contributed by atoms with Gasteiger partial charge in [0.1, 0.15) is 0 Å². The topological polar surface area (TPSA) is 12.0 Å². The number of alkyl halides is 1. The minimum Gasteiger partial charge on any atom is -0.314 e. The molecule has 0 radical (unpaired) electrons.